The second kappa shape index (κ2) is 2.98. The number of furan rings is 1. The van der Waals surface area contributed by atoms with Crippen molar-refractivity contribution in [3.8, 4) is 0 Å². The zero-order chi connectivity index (χ0) is 11.2. The summed E-state index contributed by atoms with van der Waals surface area (Å²) in [5.41, 5.74) is 3.91. The van der Waals surface area contributed by atoms with Gasteiger partial charge in [0.15, 0.2) is 16.7 Å². The molecule has 0 N–H and O–H groups in total. The summed E-state index contributed by atoms with van der Waals surface area (Å²) in [6.07, 6.45) is 3.40. The Morgan fingerprint density at radius 2 is 1.76 bits per heavy atom. The number of hydrogen-bond donors (Lipinski definition) is 0. The van der Waals surface area contributed by atoms with E-state index in [1.54, 1.807) is 12.4 Å². The van der Waals surface area contributed by atoms with Crippen LogP contribution in [0.1, 0.15) is 0 Å². The number of fused-ring (bicyclic) bond motifs is 4. The number of rotatable bonds is 0. The number of aromatic nitrogens is 4. The molecule has 4 heterocycles. The van der Waals surface area contributed by atoms with Crippen LogP contribution in [0.3, 0.4) is 0 Å². The molecular formula is C12H6N4O. The van der Waals surface area contributed by atoms with Crippen LogP contribution in [0.5, 0.6) is 0 Å². The van der Waals surface area contributed by atoms with Gasteiger partial charge in [-0.2, -0.15) is 4.98 Å². The second-order valence-electron chi connectivity index (χ2n) is 3.68. The van der Waals surface area contributed by atoms with E-state index in [9.17, 15) is 0 Å². The minimum absolute atomic E-state index is 0.477. The average molecular weight is 222 g/mol. The Balaban J connectivity index is 2.28. The van der Waals surface area contributed by atoms with Crippen molar-refractivity contribution in [2.45, 2.75) is 0 Å². The lowest BCUT2D eigenvalue weighted by Gasteiger charge is -1.93. The predicted octanol–water partition coefficient (Wildman–Crippen LogP) is 2.32. The van der Waals surface area contributed by atoms with Crippen LogP contribution in [-0.2, 0) is 0 Å². The topological polar surface area (TPSA) is 64.7 Å². The maximum Gasteiger partial charge on any atom is 0.250 e. The fraction of sp³-hybridized carbons (Fsp3) is 0. The molecule has 4 rings (SSSR count). The van der Waals surface area contributed by atoms with Gasteiger partial charge in [-0.15, -0.1) is 0 Å². The van der Waals surface area contributed by atoms with Gasteiger partial charge in [-0.1, -0.05) is 0 Å². The van der Waals surface area contributed by atoms with E-state index in [2.05, 4.69) is 19.9 Å². The van der Waals surface area contributed by atoms with Crippen LogP contribution in [0.25, 0.3) is 33.5 Å². The summed E-state index contributed by atoms with van der Waals surface area (Å²) in [6, 6.07) is 7.38. The monoisotopic (exact) mass is 222 g/mol. The Morgan fingerprint density at radius 1 is 0.882 bits per heavy atom. The van der Waals surface area contributed by atoms with E-state index < -0.39 is 0 Å². The van der Waals surface area contributed by atoms with Gasteiger partial charge in [-0.3, -0.25) is 4.98 Å². The average Bonchev–Trinajstić information content (AvgIpc) is 2.73. The Bertz CT molecular complexity index is 847. The van der Waals surface area contributed by atoms with E-state index in [0.717, 1.165) is 11.0 Å². The van der Waals surface area contributed by atoms with Gasteiger partial charge in [-0.25, -0.2) is 9.97 Å². The third kappa shape index (κ3) is 1.13. The van der Waals surface area contributed by atoms with Crippen molar-refractivity contribution in [1.82, 2.24) is 19.9 Å². The predicted molar refractivity (Wildman–Crippen MR) is 62.4 cm³/mol. The van der Waals surface area contributed by atoms with Crippen molar-refractivity contribution in [2.24, 2.45) is 0 Å². The lowest BCUT2D eigenvalue weighted by molar-refractivity contribution is 0.654. The van der Waals surface area contributed by atoms with Gasteiger partial charge in [0.05, 0.1) is 0 Å². The molecule has 0 radical (unpaired) electrons. The summed E-state index contributed by atoms with van der Waals surface area (Å²) in [4.78, 5) is 17.2. The Kier molecular flexibility index (Phi) is 1.50. The quantitative estimate of drug-likeness (QED) is 0.456. The molecule has 0 aliphatic rings. The summed E-state index contributed by atoms with van der Waals surface area (Å²) in [5, 5.41) is 0. The highest BCUT2D eigenvalue weighted by Crippen LogP contribution is 2.24. The van der Waals surface area contributed by atoms with E-state index in [1.807, 2.05) is 24.3 Å². The molecule has 0 spiro atoms. The normalized spacial score (nSPS) is 11.5. The van der Waals surface area contributed by atoms with Gasteiger partial charge in [-0.05, 0) is 24.3 Å². The summed E-state index contributed by atoms with van der Waals surface area (Å²) in [7, 11) is 0. The molecule has 0 bridgehead atoms. The van der Waals surface area contributed by atoms with E-state index in [0.29, 0.717) is 22.5 Å². The lowest BCUT2D eigenvalue weighted by atomic mass is 10.3. The van der Waals surface area contributed by atoms with Crippen molar-refractivity contribution in [1.29, 1.82) is 0 Å². The number of pyridine rings is 2. The van der Waals surface area contributed by atoms with E-state index >= 15 is 0 Å². The Morgan fingerprint density at radius 3 is 2.76 bits per heavy atom. The van der Waals surface area contributed by atoms with Crippen LogP contribution in [0.4, 0.5) is 0 Å². The summed E-state index contributed by atoms with van der Waals surface area (Å²) >= 11 is 0. The molecule has 0 atom stereocenters. The molecule has 0 aliphatic carbocycles. The van der Waals surface area contributed by atoms with Gasteiger partial charge in [0.25, 0.3) is 0 Å². The Labute approximate surface area is 95.1 Å². The smallest absolute Gasteiger partial charge is 0.250 e. The Hall–Kier alpha value is -2.56. The molecular weight excluding hydrogens is 216 g/mol. The van der Waals surface area contributed by atoms with Gasteiger partial charge < -0.3 is 4.42 Å². The van der Waals surface area contributed by atoms with Crippen LogP contribution in [0.2, 0.25) is 0 Å². The maximum absolute atomic E-state index is 5.58. The van der Waals surface area contributed by atoms with Gasteiger partial charge >= 0.3 is 0 Å². The third-order valence-electron chi connectivity index (χ3n) is 2.61. The molecule has 4 aromatic heterocycles. The number of nitrogens with zero attached hydrogens (tertiary/aromatic N) is 4. The van der Waals surface area contributed by atoms with Crippen LogP contribution in [0.15, 0.2) is 41.1 Å². The molecule has 0 saturated heterocycles. The van der Waals surface area contributed by atoms with Crippen molar-refractivity contribution < 1.29 is 4.42 Å². The molecule has 0 fully saturated rings. The standard InChI is InChI=1S/C12H6N4O/c1-3-7-11(14-6-1)16-12-10(15-7)9-8(17-12)4-2-5-13-9/h1-6H. The first-order valence-electron chi connectivity index (χ1n) is 5.18. The van der Waals surface area contributed by atoms with Crippen molar-refractivity contribution >= 4 is 33.5 Å². The molecule has 17 heavy (non-hydrogen) atoms. The molecule has 5 nitrogen and oxygen atoms in total. The first-order valence-corrected chi connectivity index (χ1v) is 5.18. The molecule has 5 heteroatoms. The summed E-state index contributed by atoms with van der Waals surface area (Å²) in [6.45, 7) is 0. The van der Waals surface area contributed by atoms with Gasteiger partial charge in [0.1, 0.15) is 11.0 Å². The van der Waals surface area contributed by atoms with Crippen LogP contribution in [0, 0.1) is 0 Å². The van der Waals surface area contributed by atoms with E-state index in [4.69, 9.17) is 4.42 Å². The zero-order valence-corrected chi connectivity index (χ0v) is 8.66. The zero-order valence-electron chi connectivity index (χ0n) is 8.66. The SMILES string of the molecule is c1cnc2nc3oc4cccnc4c3nc2c1. The second-order valence-corrected chi connectivity index (χ2v) is 3.68. The summed E-state index contributed by atoms with van der Waals surface area (Å²) in [5.74, 6) is 0. The van der Waals surface area contributed by atoms with Crippen LogP contribution in [-0.4, -0.2) is 19.9 Å². The molecule has 0 aromatic carbocycles. The van der Waals surface area contributed by atoms with E-state index in [-0.39, 0.29) is 0 Å². The van der Waals surface area contributed by atoms with Gasteiger partial charge in [0, 0.05) is 12.4 Å². The van der Waals surface area contributed by atoms with Crippen molar-refractivity contribution in [3.05, 3.63) is 36.7 Å². The minimum Gasteiger partial charge on any atom is -0.435 e. The fourth-order valence-corrected chi connectivity index (χ4v) is 1.86. The maximum atomic E-state index is 5.58. The molecule has 0 amide bonds. The molecule has 4 aromatic rings. The first kappa shape index (κ1) is 8.58. The van der Waals surface area contributed by atoms with Crippen molar-refractivity contribution in [3.63, 3.8) is 0 Å². The van der Waals surface area contributed by atoms with Crippen LogP contribution >= 0.6 is 0 Å². The highest BCUT2D eigenvalue weighted by molar-refractivity contribution is 6.00. The highest BCUT2D eigenvalue weighted by Gasteiger charge is 2.11. The van der Waals surface area contributed by atoms with Gasteiger partial charge in [0.2, 0.25) is 5.71 Å². The minimum atomic E-state index is 0.477. The third-order valence-corrected chi connectivity index (χ3v) is 2.61. The molecule has 0 saturated carbocycles. The first-order chi connectivity index (χ1) is 8.42. The number of hydrogen-bond acceptors (Lipinski definition) is 5. The lowest BCUT2D eigenvalue weighted by Crippen LogP contribution is -1.87. The molecule has 0 unspecified atom stereocenters. The van der Waals surface area contributed by atoms with Crippen molar-refractivity contribution in [2.75, 3.05) is 0 Å². The highest BCUT2D eigenvalue weighted by atomic mass is 16.3. The van der Waals surface area contributed by atoms with E-state index in [1.165, 1.54) is 0 Å². The largest absolute Gasteiger partial charge is 0.435 e. The molecule has 80 valence electrons. The van der Waals surface area contributed by atoms with Crippen LogP contribution < -0.4 is 0 Å². The summed E-state index contributed by atoms with van der Waals surface area (Å²) < 4.78 is 5.58. The fourth-order valence-electron chi connectivity index (χ4n) is 1.86. The molecule has 0 aliphatic heterocycles.